The van der Waals surface area contributed by atoms with Crippen molar-refractivity contribution < 1.29 is 14.3 Å². The number of ether oxygens (including phenoxy) is 1. The van der Waals surface area contributed by atoms with Crippen LogP contribution in [0.25, 0.3) is 0 Å². The normalized spacial score (nSPS) is 17.6. The molecule has 1 unspecified atom stereocenters. The van der Waals surface area contributed by atoms with Gasteiger partial charge in [0.25, 0.3) is 5.91 Å². The van der Waals surface area contributed by atoms with Crippen molar-refractivity contribution in [2.75, 3.05) is 38.2 Å². The van der Waals surface area contributed by atoms with Crippen LogP contribution in [0.3, 0.4) is 0 Å². The van der Waals surface area contributed by atoms with Gasteiger partial charge in [0.2, 0.25) is 5.91 Å². The van der Waals surface area contributed by atoms with Crippen LogP contribution in [0, 0.1) is 0 Å². The fraction of sp³-hybridized carbons (Fsp3) is 0.500. The number of halogens is 1. The Bertz CT molecular complexity index is 570. The second-order valence-corrected chi connectivity index (χ2v) is 5.65. The molecular formula is C16H22ClN3O3. The average Bonchev–Trinajstić information content (AvgIpc) is 2.56. The Kier molecular flexibility index (Phi) is 6.38. The van der Waals surface area contributed by atoms with Gasteiger partial charge in [-0.15, -0.1) is 0 Å². The summed E-state index contributed by atoms with van der Waals surface area (Å²) in [4.78, 5) is 26.2. The standard InChI is InChI=1S/C16H22ClN3O3/c1-3-20(4-2)16(22)12-6-5-11(9-13(12)17)19-15(21)14-10-23-8-7-18-14/h5-6,9,14,18H,3-4,7-8,10H2,1-2H3,(H,19,21). The molecule has 1 aliphatic rings. The van der Waals surface area contributed by atoms with Gasteiger partial charge in [-0.1, -0.05) is 11.6 Å². The first-order chi connectivity index (χ1) is 11.1. The van der Waals surface area contributed by atoms with Crippen molar-refractivity contribution >= 4 is 29.1 Å². The maximum absolute atomic E-state index is 12.3. The molecule has 0 radical (unpaired) electrons. The van der Waals surface area contributed by atoms with E-state index in [9.17, 15) is 9.59 Å². The Morgan fingerprint density at radius 1 is 1.39 bits per heavy atom. The first-order valence-corrected chi connectivity index (χ1v) is 8.15. The van der Waals surface area contributed by atoms with E-state index in [4.69, 9.17) is 16.3 Å². The molecule has 1 atom stereocenters. The molecule has 1 fully saturated rings. The number of benzene rings is 1. The molecular weight excluding hydrogens is 318 g/mol. The zero-order chi connectivity index (χ0) is 16.8. The van der Waals surface area contributed by atoms with Gasteiger partial charge in [-0.2, -0.15) is 0 Å². The minimum Gasteiger partial charge on any atom is -0.378 e. The smallest absolute Gasteiger partial charge is 0.255 e. The maximum Gasteiger partial charge on any atom is 0.255 e. The van der Waals surface area contributed by atoms with Gasteiger partial charge in [0.15, 0.2) is 0 Å². The minimum atomic E-state index is -0.375. The third-order valence-corrected chi connectivity index (χ3v) is 4.07. The van der Waals surface area contributed by atoms with Gasteiger partial charge in [-0.05, 0) is 32.0 Å². The van der Waals surface area contributed by atoms with Crippen LogP contribution in [0.1, 0.15) is 24.2 Å². The lowest BCUT2D eigenvalue weighted by Gasteiger charge is -2.23. The summed E-state index contributed by atoms with van der Waals surface area (Å²) in [6.07, 6.45) is 0. The lowest BCUT2D eigenvalue weighted by molar-refractivity contribution is -0.120. The van der Waals surface area contributed by atoms with E-state index in [0.717, 1.165) is 0 Å². The van der Waals surface area contributed by atoms with Crippen LogP contribution in [-0.2, 0) is 9.53 Å². The number of amides is 2. The van der Waals surface area contributed by atoms with Crippen molar-refractivity contribution in [2.24, 2.45) is 0 Å². The van der Waals surface area contributed by atoms with E-state index in [0.29, 0.717) is 49.1 Å². The predicted octanol–water partition coefficient (Wildman–Crippen LogP) is 1.75. The van der Waals surface area contributed by atoms with E-state index in [-0.39, 0.29) is 17.9 Å². The van der Waals surface area contributed by atoms with Crippen LogP contribution in [-0.4, -0.2) is 55.6 Å². The first kappa shape index (κ1) is 17.7. The van der Waals surface area contributed by atoms with Crippen LogP contribution >= 0.6 is 11.6 Å². The molecule has 2 amide bonds. The summed E-state index contributed by atoms with van der Waals surface area (Å²) in [5.74, 6) is -0.288. The van der Waals surface area contributed by atoms with Crippen LogP contribution in [0.2, 0.25) is 5.02 Å². The highest BCUT2D eigenvalue weighted by Crippen LogP contribution is 2.22. The molecule has 1 aromatic rings. The third kappa shape index (κ3) is 4.43. The topological polar surface area (TPSA) is 70.7 Å². The van der Waals surface area contributed by atoms with Crippen molar-refractivity contribution in [3.05, 3.63) is 28.8 Å². The third-order valence-electron chi connectivity index (χ3n) is 3.76. The highest BCUT2D eigenvalue weighted by atomic mass is 35.5. The largest absolute Gasteiger partial charge is 0.378 e. The Morgan fingerprint density at radius 3 is 2.70 bits per heavy atom. The van der Waals surface area contributed by atoms with E-state index in [1.165, 1.54) is 0 Å². The molecule has 126 valence electrons. The van der Waals surface area contributed by atoms with Crippen molar-refractivity contribution in [2.45, 2.75) is 19.9 Å². The molecule has 1 heterocycles. The van der Waals surface area contributed by atoms with Gasteiger partial charge in [-0.25, -0.2) is 0 Å². The molecule has 2 rings (SSSR count). The van der Waals surface area contributed by atoms with Gasteiger partial charge in [0, 0.05) is 25.3 Å². The summed E-state index contributed by atoms with van der Waals surface area (Å²) in [6.45, 7) is 6.69. The lowest BCUT2D eigenvalue weighted by Crippen LogP contribution is -2.48. The van der Waals surface area contributed by atoms with E-state index >= 15 is 0 Å². The number of anilines is 1. The van der Waals surface area contributed by atoms with E-state index in [1.54, 1.807) is 23.1 Å². The zero-order valence-electron chi connectivity index (χ0n) is 13.4. The summed E-state index contributed by atoms with van der Waals surface area (Å²) in [5, 5.41) is 6.19. The van der Waals surface area contributed by atoms with Gasteiger partial charge < -0.3 is 20.3 Å². The predicted molar refractivity (Wildman–Crippen MR) is 89.9 cm³/mol. The number of hydrogen-bond acceptors (Lipinski definition) is 4. The Hall–Kier alpha value is -1.63. The molecule has 2 N–H and O–H groups in total. The van der Waals surface area contributed by atoms with Crippen molar-refractivity contribution in [1.29, 1.82) is 0 Å². The summed E-state index contributed by atoms with van der Waals surface area (Å²) in [5.41, 5.74) is 0.996. The molecule has 1 aromatic carbocycles. The highest BCUT2D eigenvalue weighted by Gasteiger charge is 2.22. The first-order valence-electron chi connectivity index (χ1n) is 7.77. The monoisotopic (exact) mass is 339 g/mol. The molecule has 6 nitrogen and oxygen atoms in total. The number of rotatable bonds is 5. The van der Waals surface area contributed by atoms with E-state index < -0.39 is 0 Å². The molecule has 0 aliphatic carbocycles. The number of carbonyl (C=O) groups excluding carboxylic acids is 2. The summed E-state index contributed by atoms with van der Waals surface area (Å²) in [7, 11) is 0. The molecule has 1 saturated heterocycles. The molecule has 7 heteroatoms. The number of nitrogens with one attached hydrogen (secondary N) is 2. The van der Waals surface area contributed by atoms with Crippen molar-refractivity contribution in [3.63, 3.8) is 0 Å². The summed E-state index contributed by atoms with van der Waals surface area (Å²) < 4.78 is 5.27. The zero-order valence-corrected chi connectivity index (χ0v) is 14.2. The lowest BCUT2D eigenvalue weighted by atomic mass is 10.1. The highest BCUT2D eigenvalue weighted by molar-refractivity contribution is 6.34. The Morgan fingerprint density at radius 2 is 2.13 bits per heavy atom. The fourth-order valence-electron chi connectivity index (χ4n) is 2.41. The minimum absolute atomic E-state index is 0.111. The molecule has 0 saturated carbocycles. The molecule has 1 aliphatic heterocycles. The van der Waals surface area contributed by atoms with Gasteiger partial charge in [0.05, 0.1) is 23.8 Å². The number of morpholine rings is 1. The van der Waals surface area contributed by atoms with Gasteiger partial charge >= 0.3 is 0 Å². The van der Waals surface area contributed by atoms with Crippen LogP contribution in [0.5, 0.6) is 0 Å². The maximum atomic E-state index is 12.3. The van der Waals surface area contributed by atoms with Gasteiger partial charge in [0.1, 0.15) is 6.04 Å². The molecule has 0 aromatic heterocycles. The average molecular weight is 340 g/mol. The number of hydrogen-bond donors (Lipinski definition) is 2. The molecule has 23 heavy (non-hydrogen) atoms. The van der Waals surface area contributed by atoms with Crippen LogP contribution in [0.4, 0.5) is 5.69 Å². The number of nitrogens with zero attached hydrogens (tertiary/aromatic N) is 1. The number of carbonyl (C=O) groups is 2. The van der Waals surface area contributed by atoms with Crippen molar-refractivity contribution in [1.82, 2.24) is 10.2 Å². The van der Waals surface area contributed by atoms with Crippen LogP contribution < -0.4 is 10.6 Å². The quantitative estimate of drug-likeness (QED) is 0.857. The van der Waals surface area contributed by atoms with E-state index in [2.05, 4.69) is 10.6 Å². The SMILES string of the molecule is CCN(CC)C(=O)c1ccc(NC(=O)C2COCCN2)cc1Cl. The second kappa shape index (κ2) is 8.29. The van der Waals surface area contributed by atoms with Gasteiger partial charge in [-0.3, -0.25) is 9.59 Å². The van der Waals surface area contributed by atoms with Crippen molar-refractivity contribution in [3.8, 4) is 0 Å². The summed E-state index contributed by atoms with van der Waals surface area (Å²) in [6, 6.07) is 4.55. The van der Waals surface area contributed by atoms with Crippen LogP contribution in [0.15, 0.2) is 18.2 Å². The Balaban J connectivity index is 2.06. The molecule has 0 bridgehead atoms. The fourth-order valence-corrected chi connectivity index (χ4v) is 2.67. The Labute approximate surface area is 141 Å². The molecule has 0 spiro atoms. The summed E-state index contributed by atoms with van der Waals surface area (Å²) >= 11 is 6.21. The second-order valence-electron chi connectivity index (χ2n) is 5.24. The van der Waals surface area contributed by atoms with E-state index in [1.807, 2.05) is 13.8 Å².